The molecule has 0 aliphatic heterocycles. The van der Waals surface area contributed by atoms with Crippen LogP contribution in [0.3, 0.4) is 0 Å². The molecule has 4 aromatic rings. The van der Waals surface area contributed by atoms with Crippen LogP contribution in [0.2, 0.25) is 0 Å². The summed E-state index contributed by atoms with van der Waals surface area (Å²) in [7, 11) is 0. The minimum absolute atomic E-state index is 0. The Labute approximate surface area is 325 Å². The zero-order chi connectivity index (χ0) is 39.2. The van der Waals surface area contributed by atoms with E-state index < -0.39 is 92.9 Å². The topological polar surface area (TPSA) is 420 Å². The number of hydrogen-bond acceptors (Lipinski definition) is 17. The Balaban J connectivity index is 0. The summed E-state index contributed by atoms with van der Waals surface area (Å²) in [6, 6.07) is 6.26. The molecule has 266 valence electrons. The molecule has 0 fully saturated rings. The summed E-state index contributed by atoms with van der Waals surface area (Å²) >= 11 is 0.194. The van der Waals surface area contributed by atoms with E-state index in [9.17, 15) is 39.6 Å². The summed E-state index contributed by atoms with van der Waals surface area (Å²) in [5.41, 5.74) is -1.32. The van der Waals surface area contributed by atoms with E-state index in [4.69, 9.17) is 64.1 Å². The summed E-state index contributed by atoms with van der Waals surface area (Å²) in [5, 5.41) is 147. The minimum atomic E-state index is -1.32. The standard InChI is InChI=1S/4C7H6O5.Bi.La.O/c4*8-4-1-3(7(11)12)2-5(9)6(4)10;;;/h4*1-2,8-10H,(H,11,12);;;/q;;;;+1;+3;/p-4. The summed E-state index contributed by atoms with van der Waals surface area (Å²) in [5.74, 6) is -15.3. The van der Waals surface area contributed by atoms with Gasteiger partial charge in [0, 0.05) is 0 Å². The first-order valence-electron chi connectivity index (χ1n) is 12.1. The van der Waals surface area contributed by atoms with Crippen molar-refractivity contribution in [1.82, 2.24) is 0 Å². The first-order chi connectivity index (χ1) is 23.1. The van der Waals surface area contributed by atoms with Gasteiger partial charge in [-0.1, -0.05) is 0 Å². The van der Waals surface area contributed by atoms with Gasteiger partial charge in [0.2, 0.25) is 0 Å². The van der Waals surface area contributed by atoms with Crippen LogP contribution in [-0.2, 0) is 2.81 Å². The molecule has 23 heteroatoms. The number of carboxylic acid groups (broad SMARTS) is 4. The van der Waals surface area contributed by atoms with Crippen LogP contribution in [0.25, 0.3) is 0 Å². The van der Waals surface area contributed by atoms with E-state index in [0.717, 1.165) is 48.5 Å². The van der Waals surface area contributed by atoms with E-state index in [1.54, 1.807) is 0 Å². The molecule has 0 aromatic heterocycles. The second-order valence-corrected chi connectivity index (χ2v) is 8.60. The quantitative estimate of drug-likeness (QED) is 0.109. The number of aromatic hydroxyl groups is 8. The maximum atomic E-state index is 10.7. The van der Waals surface area contributed by atoms with Crippen LogP contribution in [-0.4, -0.2) is 110 Å². The van der Waals surface area contributed by atoms with E-state index in [1.165, 1.54) is 0 Å². The predicted molar refractivity (Wildman–Crippen MR) is 151 cm³/mol. The molecule has 0 saturated heterocycles. The number of carboxylic acids is 4. The Bertz CT molecular complexity index is 1530. The summed E-state index contributed by atoms with van der Waals surface area (Å²) in [6.07, 6.45) is 0. The molecule has 0 bridgehead atoms. The van der Waals surface area contributed by atoms with Crippen LogP contribution in [0.15, 0.2) is 48.5 Å². The normalized spacial score (nSPS) is 9.18. The van der Waals surface area contributed by atoms with Gasteiger partial charge in [0.1, 0.15) is 46.0 Å². The molecule has 0 spiro atoms. The number of phenols is 8. The van der Waals surface area contributed by atoms with E-state index in [0.29, 0.717) is 0 Å². The molecule has 51 heavy (non-hydrogen) atoms. The third kappa shape index (κ3) is 14.3. The second kappa shape index (κ2) is 21.4. The van der Waals surface area contributed by atoms with Crippen molar-refractivity contribution in [3.05, 3.63) is 70.8 Å². The molecule has 0 aliphatic rings. The molecule has 0 saturated carbocycles. The Hall–Kier alpha value is -5.76. The fourth-order valence-corrected chi connectivity index (χ4v) is 2.89. The van der Waals surface area contributed by atoms with Crippen LogP contribution >= 0.6 is 0 Å². The third-order valence-corrected chi connectivity index (χ3v) is 5.19. The molecular formula is C28H20BiLaO21. The van der Waals surface area contributed by atoms with E-state index in [-0.39, 0.29) is 82.6 Å². The molecule has 0 aliphatic carbocycles. The van der Waals surface area contributed by atoms with Crippen LogP contribution < -0.4 is 20.4 Å². The molecule has 2 radical (unpaired) electrons. The van der Waals surface area contributed by atoms with Gasteiger partial charge in [-0.05, 0) is 71.5 Å². The molecule has 4 aromatic carbocycles. The average molecular weight is 1040 g/mol. The van der Waals surface area contributed by atoms with Gasteiger partial charge in [0.05, 0.1) is 22.3 Å². The molecule has 0 amide bonds. The number of rotatable bonds is 4. The maximum absolute atomic E-state index is 10.7. The van der Waals surface area contributed by atoms with Gasteiger partial charge in [-0.2, -0.15) is 0 Å². The Morgan fingerprint density at radius 2 is 0.451 bits per heavy atom. The van der Waals surface area contributed by atoms with E-state index >= 15 is 0 Å². The Morgan fingerprint density at radius 3 is 0.529 bits per heavy atom. The van der Waals surface area contributed by atoms with Crippen molar-refractivity contribution < 1.29 is 139 Å². The van der Waals surface area contributed by atoms with Crippen molar-refractivity contribution in [3.63, 3.8) is 0 Å². The van der Waals surface area contributed by atoms with Crippen LogP contribution in [0.4, 0.5) is 0 Å². The van der Waals surface area contributed by atoms with Crippen LogP contribution in [0.1, 0.15) is 41.4 Å². The zero-order valence-electron chi connectivity index (χ0n) is 24.7. The summed E-state index contributed by atoms with van der Waals surface area (Å²) in [6.45, 7) is 0. The van der Waals surface area contributed by atoms with Crippen LogP contribution in [0, 0.1) is 35.6 Å². The number of phenolic OH excluding ortho intramolecular Hbond substituents is 8. The van der Waals surface area contributed by atoms with E-state index in [1.807, 2.05) is 0 Å². The summed E-state index contributed by atoms with van der Waals surface area (Å²) in [4.78, 5) is 41.2. The molecule has 4 rings (SSSR count). The van der Waals surface area contributed by atoms with Crippen molar-refractivity contribution in [3.8, 4) is 69.0 Å². The van der Waals surface area contributed by atoms with Crippen molar-refractivity contribution in [2.45, 2.75) is 0 Å². The molecule has 0 unspecified atom stereocenters. The van der Waals surface area contributed by atoms with Gasteiger partial charge >= 0.3 is 87.0 Å². The molecular weight excluding hydrogens is 1020 g/mol. The van der Waals surface area contributed by atoms with Crippen molar-refractivity contribution in [2.24, 2.45) is 0 Å². The average Bonchev–Trinajstić information content (AvgIpc) is 3.04. The summed E-state index contributed by atoms with van der Waals surface area (Å²) < 4.78 is 8.36. The number of aromatic carboxylic acids is 4. The van der Waals surface area contributed by atoms with Gasteiger partial charge in [0.15, 0.2) is 0 Å². The first kappa shape index (κ1) is 47.4. The fraction of sp³-hybridized carbons (Fsp3) is 0. The Kier molecular flexibility index (Phi) is 19.8. The number of carbonyl (C=O) groups is 4. The first-order valence-corrected chi connectivity index (χ1v) is 13.5. The molecule has 0 atom stereocenters. The van der Waals surface area contributed by atoms with Gasteiger partial charge in [-0.25, -0.2) is 19.2 Å². The second-order valence-electron chi connectivity index (χ2n) is 8.60. The van der Waals surface area contributed by atoms with Crippen molar-refractivity contribution in [2.75, 3.05) is 0 Å². The molecule has 0 heterocycles. The van der Waals surface area contributed by atoms with Gasteiger partial charge < -0.3 is 81.7 Å². The van der Waals surface area contributed by atoms with E-state index in [2.05, 4.69) is 0 Å². The Morgan fingerprint density at radius 1 is 0.353 bits per heavy atom. The number of benzene rings is 4. The SMILES string of the molecule is O=C(O)c1cc(O)c([O-])c(O)c1.O=C(O)c1cc(O)c([O-])c(O)c1.O=C(O)c1cc(O)c([O-])c(O)c1.O=C(O)c1cc(O)c([O-])c(O)c1.[La+3].[O]=[Bi+]. The third-order valence-electron chi connectivity index (χ3n) is 5.19. The van der Waals surface area contributed by atoms with Crippen LogP contribution in [0.5, 0.6) is 69.0 Å². The van der Waals surface area contributed by atoms with Crippen molar-refractivity contribution >= 4 is 48.6 Å². The molecule has 12 N–H and O–H groups in total. The monoisotopic (exact) mass is 1040 g/mol. The predicted octanol–water partition coefficient (Wildman–Crippen LogP) is -1.02. The van der Waals surface area contributed by atoms with Gasteiger partial charge in [0.25, 0.3) is 0 Å². The van der Waals surface area contributed by atoms with Gasteiger partial charge in [-0.3, -0.25) is 0 Å². The fourth-order valence-electron chi connectivity index (χ4n) is 2.89. The van der Waals surface area contributed by atoms with Crippen molar-refractivity contribution in [1.29, 1.82) is 0 Å². The molecule has 21 nitrogen and oxygen atoms in total. The zero-order valence-corrected chi connectivity index (χ0v) is 31.8. The van der Waals surface area contributed by atoms with Gasteiger partial charge in [-0.15, -0.1) is 0 Å². The number of hydrogen-bond donors (Lipinski definition) is 12.